The first-order chi connectivity index (χ1) is 7.79. The molecule has 1 heterocycles. The molecule has 1 aromatic carbocycles. The Bertz CT molecular complexity index is 467. The van der Waals surface area contributed by atoms with Crippen LogP contribution in [-0.4, -0.2) is 23.4 Å². The molecule has 0 saturated carbocycles. The number of aromatic nitrogens is 1. The van der Waals surface area contributed by atoms with Gasteiger partial charge in [0.2, 0.25) is 0 Å². The second-order valence-electron chi connectivity index (χ2n) is 3.06. The van der Waals surface area contributed by atoms with Crippen molar-refractivity contribution in [3.63, 3.8) is 0 Å². The van der Waals surface area contributed by atoms with E-state index in [0.717, 1.165) is 10.2 Å². The molecule has 16 heavy (non-hydrogen) atoms. The second kappa shape index (κ2) is 5.14. The quantitative estimate of drug-likeness (QED) is 0.829. The number of carbonyl (C=O) groups excluding carboxylic acids is 1. The molecular formula is C10H10ClN3OS. The maximum absolute atomic E-state index is 11.3. The van der Waals surface area contributed by atoms with Crippen molar-refractivity contribution in [3.05, 3.63) is 24.3 Å². The van der Waals surface area contributed by atoms with Crippen LogP contribution in [0.1, 0.15) is 0 Å². The number of nitrogens with zero attached hydrogens (tertiary/aromatic N) is 1. The average Bonchev–Trinajstić information content (AvgIpc) is 2.68. The van der Waals surface area contributed by atoms with Crippen molar-refractivity contribution < 1.29 is 4.79 Å². The van der Waals surface area contributed by atoms with Crippen LogP contribution >= 0.6 is 22.9 Å². The molecular weight excluding hydrogens is 246 g/mol. The van der Waals surface area contributed by atoms with E-state index in [1.165, 1.54) is 11.3 Å². The summed E-state index contributed by atoms with van der Waals surface area (Å²) in [7, 11) is 0. The number of rotatable bonds is 3. The first-order valence-corrected chi connectivity index (χ1v) is 6.11. The number of nitrogens with one attached hydrogen (secondary N) is 2. The number of urea groups is 1. The van der Waals surface area contributed by atoms with Crippen LogP contribution in [0.25, 0.3) is 10.2 Å². The van der Waals surface area contributed by atoms with Gasteiger partial charge in [0.25, 0.3) is 0 Å². The minimum atomic E-state index is -0.278. The predicted octanol–water partition coefficient (Wildman–Crippen LogP) is 2.66. The van der Waals surface area contributed by atoms with Crippen molar-refractivity contribution in [3.8, 4) is 0 Å². The first-order valence-electron chi connectivity index (χ1n) is 4.76. The third-order valence-corrected chi connectivity index (χ3v) is 3.04. The molecule has 0 aliphatic heterocycles. The lowest BCUT2D eigenvalue weighted by Gasteiger charge is -2.01. The fourth-order valence-corrected chi connectivity index (χ4v) is 2.18. The SMILES string of the molecule is O=C(NCCCl)Nc1nc2ccccc2s1. The van der Waals surface area contributed by atoms with Crippen molar-refractivity contribution >= 4 is 44.3 Å². The number of benzene rings is 1. The summed E-state index contributed by atoms with van der Waals surface area (Å²) in [5.74, 6) is 0.396. The summed E-state index contributed by atoms with van der Waals surface area (Å²) < 4.78 is 1.05. The topological polar surface area (TPSA) is 54.0 Å². The van der Waals surface area contributed by atoms with Crippen LogP contribution in [0.2, 0.25) is 0 Å². The Kier molecular flexibility index (Phi) is 3.58. The minimum absolute atomic E-state index is 0.278. The van der Waals surface area contributed by atoms with E-state index in [9.17, 15) is 4.79 Å². The molecule has 2 N–H and O–H groups in total. The van der Waals surface area contributed by atoms with Gasteiger partial charge in [-0.15, -0.1) is 11.6 Å². The van der Waals surface area contributed by atoms with Crippen LogP contribution in [0, 0.1) is 0 Å². The number of anilines is 1. The molecule has 0 aliphatic carbocycles. The standard InChI is InChI=1S/C10H10ClN3OS/c11-5-6-12-9(15)14-10-13-7-3-1-2-4-8(7)16-10/h1-4H,5-6H2,(H2,12,13,14,15). The van der Waals surface area contributed by atoms with Crippen LogP contribution < -0.4 is 10.6 Å². The summed E-state index contributed by atoms with van der Waals surface area (Å²) in [5.41, 5.74) is 0.889. The van der Waals surface area contributed by atoms with E-state index >= 15 is 0 Å². The van der Waals surface area contributed by atoms with Crippen molar-refractivity contribution in [1.29, 1.82) is 0 Å². The molecule has 0 spiro atoms. The number of halogens is 1. The number of hydrogen-bond acceptors (Lipinski definition) is 3. The molecule has 6 heteroatoms. The zero-order valence-electron chi connectivity index (χ0n) is 8.37. The van der Waals surface area contributed by atoms with Gasteiger partial charge in [-0.1, -0.05) is 23.5 Å². The normalized spacial score (nSPS) is 10.3. The third kappa shape index (κ3) is 2.62. The average molecular weight is 256 g/mol. The van der Waals surface area contributed by atoms with Gasteiger partial charge < -0.3 is 5.32 Å². The molecule has 0 fully saturated rings. The zero-order chi connectivity index (χ0) is 11.4. The monoisotopic (exact) mass is 255 g/mol. The summed E-state index contributed by atoms with van der Waals surface area (Å²) in [4.78, 5) is 15.6. The fraction of sp³-hybridized carbons (Fsp3) is 0.200. The molecule has 4 nitrogen and oxygen atoms in total. The van der Waals surface area contributed by atoms with Crippen LogP contribution in [0.15, 0.2) is 24.3 Å². The van der Waals surface area contributed by atoms with Gasteiger partial charge in [0, 0.05) is 12.4 Å². The highest BCUT2D eigenvalue weighted by molar-refractivity contribution is 7.22. The molecule has 0 saturated heterocycles. The molecule has 2 rings (SSSR count). The first kappa shape index (κ1) is 11.2. The number of hydrogen-bond donors (Lipinski definition) is 2. The number of alkyl halides is 1. The summed E-state index contributed by atoms with van der Waals surface area (Å²) in [6, 6.07) is 7.46. The van der Waals surface area contributed by atoms with Crippen molar-refractivity contribution in [2.45, 2.75) is 0 Å². The van der Waals surface area contributed by atoms with Crippen molar-refractivity contribution in [1.82, 2.24) is 10.3 Å². The van der Waals surface area contributed by atoms with E-state index in [1.807, 2.05) is 24.3 Å². The summed E-state index contributed by atoms with van der Waals surface area (Å²) in [6.07, 6.45) is 0. The molecule has 84 valence electrons. The van der Waals surface area contributed by atoms with E-state index in [2.05, 4.69) is 15.6 Å². The minimum Gasteiger partial charge on any atom is -0.337 e. The van der Waals surface area contributed by atoms with Gasteiger partial charge in [-0.05, 0) is 12.1 Å². The van der Waals surface area contributed by atoms with Crippen LogP contribution in [-0.2, 0) is 0 Å². The number of fused-ring (bicyclic) bond motifs is 1. The zero-order valence-corrected chi connectivity index (χ0v) is 9.94. The Balaban J connectivity index is 2.07. The maximum Gasteiger partial charge on any atom is 0.321 e. The summed E-state index contributed by atoms with van der Waals surface area (Å²) in [5, 5.41) is 5.87. The highest BCUT2D eigenvalue weighted by Crippen LogP contribution is 2.24. The molecule has 2 amide bonds. The lowest BCUT2D eigenvalue weighted by atomic mass is 10.3. The Morgan fingerprint density at radius 3 is 3.00 bits per heavy atom. The Hall–Kier alpha value is -1.33. The molecule has 2 aromatic rings. The van der Waals surface area contributed by atoms with Gasteiger partial charge in [-0.25, -0.2) is 9.78 Å². The third-order valence-electron chi connectivity index (χ3n) is 1.89. The molecule has 0 atom stereocenters. The van der Waals surface area contributed by atoms with E-state index in [4.69, 9.17) is 11.6 Å². The number of carbonyl (C=O) groups is 1. The summed E-state index contributed by atoms with van der Waals surface area (Å²) in [6.45, 7) is 0.443. The maximum atomic E-state index is 11.3. The second-order valence-corrected chi connectivity index (χ2v) is 4.47. The molecule has 0 unspecified atom stereocenters. The van der Waals surface area contributed by atoms with Gasteiger partial charge in [-0.3, -0.25) is 5.32 Å². The van der Waals surface area contributed by atoms with E-state index in [-0.39, 0.29) is 6.03 Å². The number of thiazole rings is 1. The Morgan fingerprint density at radius 2 is 2.25 bits per heavy atom. The largest absolute Gasteiger partial charge is 0.337 e. The van der Waals surface area contributed by atoms with Gasteiger partial charge in [0.05, 0.1) is 10.2 Å². The molecule has 1 aromatic heterocycles. The highest BCUT2D eigenvalue weighted by Gasteiger charge is 2.05. The Morgan fingerprint density at radius 1 is 1.44 bits per heavy atom. The van der Waals surface area contributed by atoms with E-state index in [1.54, 1.807) is 0 Å². The fourth-order valence-electron chi connectivity index (χ4n) is 1.23. The molecule has 0 bridgehead atoms. The van der Waals surface area contributed by atoms with Crippen LogP contribution in [0.4, 0.5) is 9.93 Å². The van der Waals surface area contributed by atoms with Gasteiger partial charge in [0.1, 0.15) is 0 Å². The molecule has 0 radical (unpaired) electrons. The lowest BCUT2D eigenvalue weighted by Crippen LogP contribution is -2.30. The lowest BCUT2D eigenvalue weighted by molar-refractivity contribution is 0.252. The number of para-hydroxylation sites is 1. The van der Waals surface area contributed by atoms with E-state index in [0.29, 0.717) is 17.6 Å². The molecule has 0 aliphatic rings. The van der Waals surface area contributed by atoms with Crippen molar-refractivity contribution in [2.75, 3.05) is 17.7 Å². The smallest absolute Gasteiger partial charge is 0.321 e. The van der Waals surface area contributed by atoms with Crippen LogP contribution in [0.3, 0.4) is 0 Å². The highest BCUT2D eigenvalue weighted by atomic mass is 35.5. The van der Waals surface area contributed by atoms with Gasteiger partial charge in [0.15, 0.2) is 5.13 Å². The van der Waals surface area contributed by atoms with Crippen LogP contribution in [0.5, 0.6) is 0 Å². The van der Waals surface area contributed by atoms with E-state index < -0.39 is 0 Å². The van der Waals surface area contributed by atoms with Gasteiger partial charge in [-0.2, -0.15) is 0 Å². The van der Waals surface area contributed by atoms with Gasteiger partial charge >= 0.3 is 6.03 Å². The van der Waals surface area contributed by atoms with Crippen molar-refractivity contribution in [2.24, 2.45) is 0 Å². The Labute approximate surface area is 102 Å². The summed E-state index contributed by atoms with van der Waals surface area (Å²) >= 11 is 6.90. The number of amides is 2. The predicted molar refractivity (Wildman–Crippen MR) is 67.4 cm³/mol.